The number of hydrogen-bond acceptors (Lipinski definition) is 8. The number of ether oxygens (including phenoxy) is 1. The minimum atomic E-state index is -0.404. The number of nitro groups is 1. The fourth-order valence-corrected chi connectivity index (χ4v) is 4.87. The highest BCUT2D eigenvalue weighted by Gasteiger charge is 2.22. The number of anilines is 1. The highest BCUT2D eigenvalue weighted by Crippen LogP contribution is 2.25. The molecule has 0 unspecified atom stereocenters. The van der Waals surface area contributed by atoms with Crippen molar-refractivity contribution in [3.05, 3.63) is 105 Å². The topological polar surface area (TPSA) is 102 Å². The largest absolute Gasteiger partial charge is 0.430 e. The van der Waals surface area contributed by atoms with Gasteiger partial charge in [-0.1, -0.05) is 42.0 Å². The maximum absolute atomic E-state index is 12.9. The number of rotatable bonds is 8. The van der Waals surface area contributed by atoms with E-state index in [9.17, 15) is 14.9 Å². The van der Waals surface area contributed by atoms with Crippen molar-refractivity contribution in [2.45, 2.75) is 19.8 Å². The van der Waals surface area contributed by atoms with E-state index in [4.69, 9.17) is 4.74 Å². The molecule has 2 heterocycles. The third-order valence-corrected chi connectivity index (χ3v) is 7.11. The monoisotopic (exact) mass is 529 g/mol. The van der Waals surface area contributed by atoms with Crippen molar-refractivity contribution in [3.63, 3.8) is 0 Å². The molecule has 1 saturated heterocycles. The average molecular weight is 530 g/mol. The summed E-state index contributed by atoms with van der Waals surface area (Å²) in [6.45, 7) is 4.65. The molecular formula is C28H27N5O4S. The van der Waals surface area contributed by atoms with Crippen LogP contribution in [0, 0.1) is 17.0 Å². The molecule has 10 heteroatoms. The van der Waals surface area contributed by atoms with Gasteiger partial charge in [0.1, 0.15) is 5.75 Å². The first-order valence-electron chi connectivity index (χ1n) is 12.3. The lowest BCUT2D eigenvalue weighted by molar-refractivity contribution is -0.384. The number of nitrogens with zero attached hydrogens (tertiary/aromatic N) is 5. The van der Waals surface area contributed by atoms with E-state index in [0.29, 0.717) is 50.0 Å². The van der Waals surface area contributed by atoms with Gasteiger partial charge in [-0.2, -0.15) is 9.36 Å². The summed E-state index contributed by atoms with van der Waals surface area (Å²) in [6, 6.07) is 22.3. The Hall–Kier alpha value is -4.31. The Bertz CT molecular complexity index is 1400. The van der Waals surface area contributed by atoms with E-state index < -0.39 is 4.92 Å². The Kier molecular flexibility index (Phi) is 7.60. The number of non-ortho nitro benzene ring substituents is 1. The lowest BCUT2D eigenvalue weighted by Gasteiger charge is -2.36. The summed E-state index contributed by atoms with van der Waals surface area (Å²) < 4.78 is 10.3. The molecule has 1 aromatic heterocycles. The average Bonchev–Trinajstić information content (AvgIpc) is 3.37. The third kappa shape index (κ3) is 6.33. The number of carbonyl (C=O) groups excluding carboxylic acids is 1. The first-order chi connectivity index (χ1) is 18.4. The number of piperazine rings is 1. The normalized spacial score (nSPS) is 13.4. The summed E-state index contributed by atoms with van der Waals surface area (Å²) in [6.07, 6.45) is 0.973. The molecule has 1 fully saturated rings. The number of benzene rings is 3. The predicted molar refractivity (Wildman–Crippen MR) is 146 cm³/mol. The van der Waals surface area contributed by atoms with Crippen molar-refractivity contribution in [3.8, 4) is 10.9 Å². The Morgan fingerprint density at radius 1 is 0.947 bits per heavy atom. The third-order valence-electron chi connectivity index (χ3n) is 6.47. The zero-order valence-corrected chi connectivity index (χ0v) is 21.8. The lowest BCUT2D eigenvalue weighted by atomic mass is 10.1. The van der Waals surface area contributed by atoms with Crippen molar-refractivity contribution >= 4 is 28.8 Å². The molecule has 5 rings (SSSR count). The van der Waals surface area contributed by atoms with Gasteiger partial charge in [0, 0.05) is 62.0 Å². The lowest BCUT2D eigenvalue weighted by Crippen LogP contribution is -2.49. The van der Waals surface area contributed by atoms with Crippen LogP contribution in [0.25, 0.3) is 0 Å². The van der Waals surface area contributed by atoms with Crippen LogP contribution >= 0.6 is 11.5 Å². The number of aromatic nitrogens is 2. The Morgan fingerprint density at radius 3 is 2.26 bits per heavy atom. The first kappa shape index (κ1) is 25.3. The molecule has 3 aromatic carbocycles. The van der Waals surface area contributed by atoms with E-state index in [1.807, 2.05) is 29.2 Å². The quantitative estimate of drug-likeness (QED) is 0.233. The van der Waals surface area contributed by atoms with Gasteiger partial charge in [-0.05, 0) is 42.3 Å². The van der Waals surface area contributed by atoms with Crippen molar-refractivity contribution in [2.24, 2.45) is 0 Å². The van der Waals surface area contributed by atoms with Crippen molar-refractivity contribution in [2.75, 3.05) is 31.1 Å². The van der Waals surface area contributed by atoms with Gasteiger partial charge in [0.25, 0.3) is 10.9 Å². The zero-order chi connectivity index (χ0) is 26.5. The molecule has 38 heavy (non-hydrogen) atoms. The molecule has 9 nitrogen and oxygen atoms in total. The van der Waals surface area contributed by atoms with E-state index in [2.05, 4.69) is 45.4 Å². The van der Waals surface area contributed by atoms with Gasteiger partial charge in [-0.25, -0.2) is 0 Å². The van der Waals surface area contributed by atoms with Crippen LogP contribution in [0.1, 0.15) is 22.5 Å². The fourth-order valence-electron chi connectivity index (χ4n) is 4.30. The van der Waals surface area contributed by atoms with Crippen molar-refractivity contribution in [1.29, 1.82) is 0 Å². The number of hydrogen-bond donors (Lipinski definition) is 0. The first-order valence-corrected chi connectivity index (χ1v) is 13.1. The van der Waals surface area contributed by atoms with Crippen LogP contribution in [0.3, 0.4) is 0 Å². The summed E-state index contributed by atoms with van der Waals surface area (Å²) in [7, 11) is 0. The molecular weight excluding hydrogens is 502 g/mol. The second-order valence-corrected chi connectivity index (χ2v) is 9.92. The van der Waals surface area contributed by atoms with E-state index in [-0.39, 0.29) is 11.6 Å². The number of nitro benzene ring substituents is 1. The van der Waals surface area contributed by atoms with E-state index in [0.717, 1.165) is 22.6 Å². The van der Waals surface area contributed by atoms with Crippen LogP contribution in [0.4, 0.5) is 11.4 Å². The number of amides is 1. The van der Waals surface area contributed by atoms with Gasteiger partial charge < -0.3 is 14.5 Å². The summed E-state index contributed by atoms with van der Waals surface area (Å²) in [5.74, 6) is 1.45. The molecule has 194 valence electrons. The number of carbonyl (C=O) groups is 1. The molecule has 4 aromatic rings. The number of aryl methyl sites for hydroxylation is 1. The van der Waals surface area contributed by atoms with Crippen LogP contribution in [0.5, 0.6) is 10.9 Å². The van der Waals surface area contributed by atoms with E-state index in [1.165, 1.54) is 29.2 Å². The molecule has 0 aliphatic carbocycles. The smallest absolute Gasteiger partial charge is 0.298 e. The second kappa shape index (κ2) is 11.4. The maximum Gasteiger partial charge on any atom is 0.298 e. The predicted octanol–water partition coefficient (Wildman–Crippen LogP) is 5.03. The van der Waals surface area contributed by atoms with Gasteiger partial charge >= 0.3 is 0 Å². The molecule has 1 aliphatic heterocycles. The maximum atomic E-state index is 12.9. The SMILES string of the molecule is Cc1ccc(Cc2nsc(Oc3ccc(CC(=O)N4CCN(c5ccc([N+](=O)[O-])cc5)CC4)cc3)n2)cc1. The zero-order valence-electron chi connectivity index (χ0n) is 20.9. The van der Waals surface area contributed by atoms with Gasteiger partial charge in [0.05, 0.1) is 11.3 Å². The molecule has 0 radical (unpaired) electrons. The summed E-state index contributed by atoms with van der Waals surface area (Å²) >= 11 is 1.22. The van der Waals surface area contributed by atoms with Crippen LogP contribution in [0.2, 0.25) is 0 Å². The second-order valence-electron chi connectivity index (χ2n) is 9.20. The van der Waals surface area contributed by atoms with Crippen LogP contribution in [-0.2, 0) is 17.6 Å². The Balaban J connectivity index is 1.10. The molecule has 0 atom stereocenters. The minimum Gasteiger partial charge on any atom is -0.430 e. The molecule has 1 aliphatic rings. The van der Waals surface area contributed by atoms with Gasteiger partial charge in [0.15, 0.2) is 5.82 Å². The molecule has 0 bridgehead atoms. The highest BCUT2D eigenvalue weighted by molar-refractivity contribution is 7.07. The van der Waals surface area contributed by atoms with Gasteiger partial charge in [0.2, 0.25) is 5.91 Å². The fraction of sp³-hybridized carbons (Fsp3) is 0.250. The van der Waals surface area contributed by atoms with Crippen LogP contribution in [0.15, 0.2) is 72.8 Å². The molecule has 1 amide bonds. The molecule has 0 N–H and O–H groups in total. The minimum absolute atomic E-state index is 0.0742. The van der Waals surface area contributed by atoms with Gasteiger partial charge in [-0.15, -0.1) is 0 Å². The van der Waals surface area contributed by atoms with Gasteiger partial charge in [-0.3, -0.25) is 14.9 Å². The summed E-state index contributed by atoms with van der Waals surface area (Å²) in [5.41, 5.74) is 4.29. The molecule has 0 saturated carbocycles. The Labute approximate surface area is 224 Å². The van der Waals surface area contributed by atoms with Crippen molar-refractivity contribution in [1.82, 2.24) is 14.3 Å². The van der Waals surface area contributed by atoms with Crippen molar-refractivity contribution < 1.29 is 14.5 Å². The van der Waals surface area contributed by atoms with E-state index in [1.54, 1.807) is 12.1 Å². The molecule has 0 spiro atoms. The van der Waals surface area contributed by atoms with Crippen LogP contribution in [-0.4, -0.2) is 51.3 Å². The summed E-state index contributed by atoms with van der Waals surface area (Å²) in [4.78, 5) is 31.8. The standard InChI is InChI=1S/C28H27N5O4S/c1-20-2-4-21(5-3-20)18-26-29-28(38-30-26)37-25-12-6-22(7-13-25)19-27(34)32-16-14-31(15-17-32)23-8-10-24(11-9-23)33(35)36/h2-13H,14-19H2,1H3. The summed E-state index contributed by atoms with van der Waals surface area (Å²) in [5, 5.41) is 11.3. The van der Waals surface area contributed by atoms with Crippen LogP contribution < -0.4 is 9.64 Å². The van der Waals surface area contributed by atoms with E-state index >= 15 is 0 Å². The highest BCUT2D eigenvalue weighted by atomic mass is 32.1. The Morgan fingerprint density at radius 2 is 1.61 bits per heavy atom.